The molecule has 0 spiro atoms. The first-order valence-electron chi connectivity index (χ1n) is 7.22. The highest BCUT2D eigenvalue weighted by Gasteiger charge is 2.31. The van der Waals surface area contributed by atoms with E-state index < -0.39 is 5.54 Å². The maximum atomic E-state index is 12.3. The van der Waals surface area contributed by atoms with E-state index in [1.807, 2.05) is 0 Å². The van der Waals surface area contributed by atoms with Crippen LogP contribution in [0.3, 0.4) is 0 Å². The smallest absolute Gasteiger partial charge is 0.341 e. The lowest BCUT2D eigenvalue weighted by Gasteiger charge is -2.22. The molecule has 1 aromatic heterocycles. The first-order chi connectivity index (χ1) is 9.90. The van der Waals surface area contributed by atoms with Gasteiger partial charge in [-0.2, -0.15) is 0 Å². The van der Waals surface area contributed by atoms with Crippen LogP contribution in [0.5, 0.6) is 0 Å². The van der Waals surface area contributed by atoms with E-state index in [1.54, 1.807) is 27.8 Å². The number of ether oxygens (including phenoxy) is 1. The second-order valence-electron chi connectivity index (χ2n) is 5.61. The van der Waals surface area contributed by atoms with Gasteiger partial charge in [-0.15, -0.1) is 11.3 Å². The van der Waals surface area contributed by atoms with Crippen molar-refractivity contribution in [2.75, 3.05) is 19.0 Å². The first kappa shape index (κ1) is 16.0. The molecule has 6 heteroatoms. The zero-order chi connectivity index (χ0) is 15.6. The Hall–Kier alpha value is -1.40. The summed E-state index contributed by atoms with van der Waals surface area (Å²) < 4.78 is 5.15. The van der Waals surface area contributed by atoms with Crippen molar-refractivity contribution in [2.24, 2.45) is 0 Å². The summed E-state index contributed by atoms with van der Waals surface area (Å²) in [6, 6.07) is 0. The zero-order valence-electron chi connectivity index (χ0n) is 13.0. The molecule has 0 unspecified atom stereocenters. The number of nitrogens with one attached hydrogen (secondary N) is 2. The molecule has 1 aliphatic rings. The van der Waals surface area contributed by atoms with Crippen molar-refractivity contribution in [2.45, 2.75) is 45.6 Å². The van der Waals surface area contributed by atoms with Crippen LogP contribution in [0.15, 0.2) is 0 Å². The highest BCUT2D eigenvalue weighted by molar-refractivity contribution is 7.17. The number of rotatable bonds is 5. The average Bonchev–Trinajstić information content (AvgIpc) is 2.98. The van der Waals surface area contributed by atoms with Crippen molar-refractivity contribution < 1.29 is 14.3 Å². The number of amides is 1. The van der Waals surface area contributed by atoms with Gasteiger partial charge in [0.05, 0.1) is 17.7 Å². The predicted octanol–water partition coefficient (Wildman–Crippen LogP) is 2.35. The molecule has 0 saturated heterocycles. The highest BCUT2D eigenvalue weighted by atomic mass is 32.1. The summed E-state index contributed by atoms with van der Waals surface area (Å²) in [6.45, 7) is 5.72. The van der Waals surface area contributed by atoms with E-state index in [4.69, 9.17) is 4.74 Å². The third kappa shape index (κ3) is 3.11. The van der Waals surface area contributed by atoms with Crippen LogP contribution in [-0.4, -0.2) is 31.1 Å². The van der Waals surface area contributed by atoms with Gasteiger partial charge in [0, 0.05) is 4.88 Å². The SMILES string of the molecule is CCOC(=O)c1c(NC(=O)C(C)(C)NC)sc2c1CCC2. The van der Waals surface area contributed by atoms with E-state index in [2.05, 4.69) is 10.6 Å². The number of fused-ring (bicyclic) bond motifs is 1. The van der Waals surface area contributed by atoms with Gasteiger partial charge in [0.15, 0.2) is 0 Å². The second kappa shape index (κ2) is 6.15. The normalized spacial score (nSPS) is 13.9. The predicted molar refractivity (Wildman–Crippen MR) is 84.1 cm³/mol. The van der Waals surface area contributed by atoms with Gasteiger partial charge >= 0.3 is 5.97 Å². The van der Waals surface area contributed by atoms with Crippen LogP contribution in [0, 0.1) is 0 Å². The molecule has 1 aliphatic carbocycles. The number of hydrogen-bond donors (Lipinski definition) is 2. The Morgan fingerprint density at radius 2 is 2.05 bits per heavy atom. The highest BCUT2D eigenvalue weighted by Crippen LogP contribution is 2.39. The minimum atomic E-state index is -0.694. The molecular formula is C15H22N2O3S. The van der Waals surface area contributed by atoms with Gasteiger partial charge in [-0.1, -0.05) is 0 Å². The molecule has 2 N–H and O–H groups in total. The largest absolute Gasteiger partial charge is 0.462 e. The van der Waals surface area contributed by atoms with Gasteiger partial charge in [-0.25, -0.2) is 4.79 Å². The molecule has 0 aliphatic heterocycles. The van der Waals surface area contributed by atoms with Crippen molar-refractivity contribution >= 4 is 28.2 Å². The molecule has 5 nitrogen and oxygen atoms in total. The second-order valence-corrected chi connectivity index (χ2v) is 6.72. The van der Waals surface area contributed by atoms with E-state index in [-0.39, 0.29) is 11.9 Å². The number of carbonyl (C=O) groups excluding carboxylic acids is 2. The van der Waals surface area contributed by atoms with Crippen LogP contribution < -0.4 is 10.6 Å². The van der Waals surface area contributed by atoms with Crippen LogP contribution >= 0.6 is 11.3 Å². The molecule has 0 radical (unpaired) electrons. The van der Waals surface area contributed by atoms with Crippen molar-refractivity contribution in [3.8, 4) is 0 Å². The van der Waals surface area contributed by atoms with E-state index in [0.29, 0.717) is 17.2 Å². The fourth-order valence-electron chi connectivity index (χ4n) is 2.28. The zero-order valence-corrected chi connectivity index (χ0v) is 13.8. The summed E-state index contributed by atoms with van der Waals surface area (Å²) in [5.41, 5.74) is 0.908. The molecule has 0 aromatic carbocycles. The van der Waals surface area contributed by atoms with E-state index >= 15 is 0 Å². The third-order valence-corrected chi connectivity index (χ3v) is 5.03. The van der Waals surface area contributed by atoms with E-state index in [9.17, 15) is 9.59 Å². The van der Waals surface area contributed by atoms with Crippen LogP contribution in [0.25, 0.3) is 0 Å². The van der Waals surface area contributed by atoms with Crippen molar-refractivity contribution in [1.29, 1.82) is 0 Å². The Labute approximate surface area is 129 Å². The van der Waals surface area contributed by atoms with E-state index in [1.165, 1.54) is 16.2 Å². The lowest BCUT2D eigenvalue weighted by Crippen LogP contribution is -2.47. The van der Waals surface area contributed by atoms with Gasteiger partial charge in [0.2, 0.25) is 5.91 Å². The molecule has 0 bridgehead atoms. The Morgan fingerprint density at radius 1 is 1.33 bits per heavy atom. The number of hydrogen-bond acceptors (Lipinski definition) is 5. The van der Waals surface area contributed by atoms with E-state index in [0.717, 1.165) is 24.8 Å². The van der Waals surface area contributed by atoms with Gasteiger partial charge in [-0.05, 0) is 52.6 Å². The summed E-state index contributed by atoms with van der Waals surface area (Å²) in [5.74, 6) is -0.495. The molecule has 21 heavy (non-hydrogen) atoms. The lowest BCUT2D eigenvalue weighted by molar-refractivity contribution is -0.121. The molecule has 116 valence electrons. The number of likely N-dealkylation sites (N-methyl/N-ethyl adjacent to an activating group) is 1. The maximum absolute atomic E-state index is 12.3. The lowest BCUT2D eigenvalue weighted by atomic mass is 10.1. The minimum Gasteiger partial charge on any atom is -0.462 e. The Bertz CT molecular complexity index is 564. The average molecular weight is 310 g/mol. The van der Waals surface area contributed by atoms with Crippen molar-refractivity contribution in [1.82, 2.24) is 5.32 Å². The molecule has 0 fully saturated rings. The fourth-order valence-corrected chi connectivity index (χ4v) is 3.56. The molecular weight excluding hydrogens is 288 g/mol. The fraction of sp³-hybridized carbons (Fsp3) is 0.600. The summed E-state index contributed by atoms with van der Waals surface area (Å²) in [7, 11) is 1.74. The maximum Gasteiger partial charge on any atom is 0.341 e. The van der Waals surface area contributed by atoms with Crippen LogP contribution in [0.4, 0.5) is 5.00 Å². The van der Waals surface area contributed by atoms with Crippen LogP contribution in [0.1, 0.15) is 48.0 Å². The summed E-state index contributed by atoms with van der Waals surface area (Å²) in [4.78, 5) is 25.7. The number of carbonyl (C=O) groups is 2. The molecule has 1 aromatic rings. The number of anilines is 1. The first-order valence-corrected chi connectivity index (χ1v) is 8.04. The minimum absolute atomic E-state index is 0.157. The summed E-state index contributed by atoms with van der Waals surface area (Å²) in [5, 5.41) is 6.46. The van der Waals surface area contributed by atoms with Crippen LogP contribution in [0.2, 0.25) is 0 Å². The van der Waals surface area contributed by atoms with Crippen LogP contribution in [-0.2, 0) is 22.4 Å². The van der Waals surface area contributed by atoms with Gasteiger partial charge in [-0.3, -0.25) is 4.79 Å². The summed E-state index contributed by atoms with van der Waals surface area (Å²) >= 11 is 1.50. The molecule has 1 heterocycles. The van der Waals surface area contributed by atoms with Crippen molar-refractivity contribution in [3.05, 3.63) is 16.0 Å². The van der Waals surface area contributed by atoms with Crippen molar-refractivity contribution in [3.63, 3.8) is 0 Å². The molecule has 2 rings (SSSR count). The van der Waals surface area contributed by atoms with Gasteiger partial charge in [0.25, 0.3) is 0 Å². The Kier molecular flexibility index (Phi) is 4.68. The Balaban J connectivity index is 2.32. The summed E-state index contributed by atoms with van der Waals surface area (Å²) in [6.07, 6.45) is 2.91. The topological polar surface area (TPSA) is 67.4 Å². The quantitative estimate of drug-likeness (QED) is 0.819. The number of thiophene rings is 1. The monoisotopic (exact) mass is 310 g/mol. The molecule has 0 atom stereocenters. The number of aryl methyl sites for hydroxylation is 1. The Morgan fingerprint density at radius 3 is 2.67 bits per heavy atom. The van der Waals surface area contributed by atoms with Gasteiger partial charge < -0.3 is 15.4 Å². The standard InChI is InChI=1S/C15H22N2O3S/c1-5-20-13(18)11-9-7-6-8-10(9)21-12(11)17-14(19)15(2,3)16-4/h16H,5-8H2,1-4H3,(H,17,19). The van der Waals surface area contributed by atoms with Gasteiger partial charge in [0.1, 0.15) is 5.00 Å². The third-order valence-electron chi connectivity index (χ3n) is 3.82. The molecule has 0 saturated carbocycles. The molecule has 1 amide bonds. The number of esters is 1.